The van der Waals surface area contributed by atoms with Crippen molar-refractivity contribution in [2.24, 2.45) is 0 Å². The zero-order valence-electron chi connectivity index (χ0n) is 13.7. The van der Waals surface area contributed by atoms with Crippen molar-refractivity contribution in [2.75, 3.05) is 12.4 Å². The Balaban J connectivity index is 2.21. The molecule has 0 bridgehead atoms. The topological polar surface area (TPSA) is 67.4 Å². The molecule has 0 aromatic heterocycles. The molecule has 2 amide bonds. The molecule has 2 aromatic carbocycles. The summed E-state index contributed by atoms with van der Waals surface area (Å²) in [6, 6.07) is 12.0. The van der Waals surface area contributed by atoms with Crippen LogP contribution in [-0.2, 0) is 0 Å². The van der Waals surface area contributed by atoms with Gasteiger partial charge in [0.2, 0.25) is 0 Å². The lowest BCUT2D eigenvalue weighted by molar-refractivity contribution is 0.0941. The van der Waals surface area contributed by atoms with Gasteiger partial charge in [-0.3, -0.25) is 9.59 Å². The first-order chi connectivity index (χ1) is 11.4. The molecule has 2 aromatic rings. The van der Waals surface area contributed by atoms with Crippen LogP contribution in [-0.4, -0.2) is 25.0 Å². The zero-order chi connectivity index (χ0) is 17.7. The highest BCUT2D eigenvalue weighted by molar-refractivity contribution is 9.10. The standard InChI is InChI=1S/C18H19BrN2O3/c1-11(2)20-17(22)12-5-4-6-14(9-12)21-18(23)15-10-13(19)7-8-16(15)24-3/h4-11H,1-3H3,(H,20,22)(H,21,23). The molecule has 0 aliphatic carbocycles. The molecule has 2 N–H and O–H groups in total. The molecule has 0 unspecified atom stereocenters. The summed E-state index contributed by atoms with van der Waals surface area (Å²) in [5.74, 6) is -0.0138. The fraction of sp³-hybridized carbons (Fsp3) is 0.222. The van der Waals surface area contributed by atoms with E-state index in [1.165, 1.54) is 7.11 Å². The van der Waals surface area contributed by atoms with Crippen LogP contribution in [0, 0.1) is 0 Å². The van der Waals surface area contributed by atoms with Gasteiger partial charge >= 0.3 is 0 Å². The Morgan fingerprint density at radius 1 is 1.08 bits per heavy atom. The third kappa shape index (κ3) is 4.58. The van der Waals surface area contributed by atoms with E-state index >= 15 is 0 Å². The molecule has 126 valence electrons. The van der Waals surface area contributed by atoms with Crippen molar-refractivity contribution in [3.05, 3.63) is 58.1 Å². The number of methoxy groups -OCH3 is 1. The Morgan fingerprint density at radius 2 is 1.83 bits per heavy atom. The van der Waals surface area contributed by atoms with E-state index in [1.807, 2.05) is 13.8 Å². The molecule has 0 saturated carbocycles. The molecular weight excluding hydrogens is 372 g/mol. The van der Waals surface area contributed by atoms with E-state index in [-0.39, 0.29) is 17.9 Å². The lowest BCUT2D eigenvalue weighted by Crippen LogP contribution is -2.30. The number of anilines is 1. The summed E-state index contributed by atoms with van der Waals surface area (Å²) >= 11 is 3.34. The van der Waals surface area contributed by atoms with E-state index in [4.69, 9.17) is 4.74 Å². The van der Waals surface area contributed by atoms with E-state index < -0.39 is 0 Å². The monoisotopic (exact) mass is 390 g/mol. The van der Waals surface area contributed by atoms with Gasteiger partial charge in [0.05, 0.1) is 12.7 Å². The minimum absolute atomic E-state index is 0.0432. The fourth-order valence-electron chi connectivity index (χ4n) is 2.14. The van der Waals surface area contributed by atoms with Crippen LogP contribution in [0.5, 0.6) is 5.75 Å². The number of carbonyl (C=O) groups excluding carboxylic acids is 2. The molecule has 5 nitrogen and oxygen atoms in total. The van der Waals surface area contributed by atoms with E-state index in [2.05, 4.69) is 26.6 Å². The summed E-state index contributed by atoms with van der Waals surface area (Å²) in [5, 5.41) is 5.61. The molecule has 2 rings (SSSR count). The molecule has 6 heteroatoms. The van der Waals surface area contributed by atoms with E-state index in [0.29, 0.717) is 22.6 Å². The van der Waals surface area contributed by atoms with Gasteiger partial charge in [-0.05, 0) is 50.2 Å². The van der Waals surface area contributed by atoms with Gasteiger partial charge in [0.25, 0.3) is 11.8 Å². The van der Waals surface area contributed by atoms with Crippen LogP contribution < -0.4 is 15.4 Å². The van der Waals surface area contributed by atoms with Gasteiger partial charge < -0.3 is 15.4 Å². The SMILES string of the molecule is COc1ccc(Br)cc1C(=O)Nc1cccc(C(=O)NC(C)C)c1. The molecule has 0 aliphatic heterocycles. The number of hydrogen-bond donors (Lipinski definition) is 2. The van der Waals surface area contributed by atoms with Gasteiger partial charge in [0, 0.05) is 21.8 Å². The quantitative estimate of drug-likeness (QED) is 0.814. The molecule has 24 heavy (non-hydrogen) atoms. The smallest absolute Gasteiger partial charge is 0.259 e. The van der Waals surface area contributed by atoms with Gasteiger partial charge in [-0.2, -0.15) is 0 Å². The first-order valence-corrected chi connectivity index (χ1v) is 8.26. The van der Waals surface area contributed by atoms with Crippen LogP contribution in [0.15, 0.2) is 46.9 Å². The average molecular weight is 391 g/mol. The first kappa shape index (κ1) is 18.0. The van der Waals surface area contributed by atoms with Crippen molar-refractivity contribution in [3.63, 3.8) is 0 Å². The summed E-state index contributed by atoms with van der Waals surface area (Å²) in [7, 11) is 1.51. The third-order valence-electron chi connectivity index (χ3n) is 3.21. The van der Waals surface area contributed by atoms with Crippen molar-refractivity contribution in [2.45, 2.75) is 19.9 Å². The largest absolute Gasteiger partial charge is 0.496 e. The Hall–Kier alpha value is -2.34. The van der Waals surface area contributed by atoms with Crippen LogP contribution in [0.4, 0.5) is 5.69 Å². The second-order valence-electron chi connectivity index (χ2n) is 5.51. The summed E-state index contributed by atoms with van der Waals surface area (Å²) in [6.07, 6.45) is 0. The Bertz CT molecular complexity index is 760. The Morgan fingerprint density at radius 3 is 2.50 bits per heavy atom. The van der Waals surface area contributed by atoms with Crippen molar-refractivity contribution < 1.29 is 14.3 Å². The number of rotatable bonds is 5. The lowest BCUT2D eigenvalue weighted by Gasteiger charge is -2.12. The number of ether oxygens (including phenoxy) is 1. The van der Waals surface area contributed by atoms with Crippen molar-refractivity contribution in [3.8, 4) is 5.75 Å². The number of carbonyl (C=O) groups is 2. The summed E-state index contributed by atoms with van der Waals surface area (Å²) in [4.78, 5) is 24.6. The summed E-state index contributed by atoms with van der Waals surface area (Å²) in [6.45, 7) is 3.78. The summed E-state index contributed by atoms with van der Waals surface area (Å²) in [5.41, 5.74) is 1.44. The molecule has 0 fully saturated rings. The van der Waals surface area contributed by atoms with Crippen LogP contribution in [0.25, 0.3) is 0 Å². The average Bonchev–Trinajstić information content (AvgIpc) is 2.54. The van der Waals surface area contributed by atoms with Gasteiger partial charge in [-0.1, -0.05) is 22.0 Å². The van der Waals surface area contributed by atoms with Gasteiger partial charge in [-0.15, -0.1) is 0 Å². The van der Waals surface area contributed by atoms with E-state index in [1.54, 1.807) is 42.5 Å². The number of nitrogens with one attached hydrogen (secondary N) is 2. The predicted molar refractivity (Wildman–Crippen MR) is 97.7 cm³/mol. The maximum absolute atomic E-state index is 12.5. The van der Waals surface area contributed by atoms with Crippen molar-refractivity contribution in [1.29, 1.82) is 0 Å². The molecule has 0 saturated heterocycles. The van der Waals surface area contributed by atoms with Crippen LogP contribution >= 0.6 is 15.9 Å². The molecular formula is C18H19BrN2O3. The highest BCUT2D eigenvalue weighted by Gasteiger charge is 2.14. The molecule has 0 atom stereocenters. The molecule has 0 spiro atoms. The van der Waals surface area contributed by atoms with Gasteiger partial charge in [0.15, 0.2) is 0 Å². The van der Waals surface area contributed by atoms with Crippen LogP contribution in [0.3, 0.4) is 0 Å². The summed E-state index contributed by atoms with van der Waals surface area (Å²) < 4.78 is 6.00. The van der Waals surface area contributed by atoms with Crippen molar-refractivity contribution >= 4 is 33.4 Å². The zero-order valence-corrected chi connectivity index (χ0v) is 15.3. The number of hydrogen-bond acceptors (Lipinski definition) is 3. The second kappa shape index (κ2) is 7.97. The maximum Gasteiger partial charge on any atom is 0.259 e. The number of halogens is 1. The van der Waals surface area contributed by atoms with Gasteiger partial charge in [0.1, 0.15) is 5.75 Å². The second-order valence-corrected chi connectivity index (χ2v) is 6.42. The number of amides is 2. The van der Waals surface area contributed by atoms with Crippen LogP contribution in [0.2, 0.25) is 0 Å². The Labute approximate surface area is 149 Å². The van der Waals surface area contributed by atoms with Gasteiger partial charge in [-0.25, -0.2) is 0 Å². The normalized spacial score (nSPS) is 10.4. The molecule has 0 radical (unpaired) electrons. The van der Waals surface area contributed by atoms with Crippen LogP contribution in [0.1, 0.15) is 34.6 Å². The molecule has 0 heterocycles. The third-order valence-corrected chi connectivity index (χ3v) is 3.70. The number of benzene rings is 2. The highest BCUT2D eigenvalue weighted by Crippen LogP contribution is 2.24. The minimum Gasteiger partial charge on any atom is -0.496 e. The Kier molecular flexibility index (Phi) is 5.98. The minimum atomic E-state index is -0.311. The van der Waals surface area contributed by atoms with Crippen molar-refractivity contribution in [1.82, 2.24) is 5.32 Å². The lowest BCUT2D eigenvalue weighted by atomic mass is 10.1. The first-order valence-electron chi connectivity index (χ1n) is 7.46. The highest BCUT2D eigenvalue weighted by atomic mass is 79.9. The van der Waals surface area contributed by atoms with E-state index in [0.717, 1.165) is 4.47 Å². The maximum atomic E-state index is 12.5. The van der Waals surface area contributed by atoms with E-state index in [9.17, 15) is 9.59 Å². The predicted octanol–water partition coefficient (Wildman–Crippen LogP) is 3.85. The molecule has 0 aliphatic rings. The fourth-order valence-corrected chi connectivity index (χ4v) is 2.50.